The van der Waals surface area contributed by atoms with Crippen molar-refractivity contribution in [1.82, 2.24) is 9.80 Å². The van der Waals surface area contributed by atoms with Gasteiger partial charge in [0, 0.05) is 19.1 Å². The Morgan fingerprint density at radius 3 is 2.88 bits per heavy atom. The van der Waals surface area contributed by atoms with Crippen LogP contribution in [0.5, 0.6) is 0 Å². The van der Waals surface area contributed by atoms with E-state index in [9.17, 15) is 4.79 Å². The van der Waals surface area contributed by atoms with Crippen molar-refractivity contribution in [2.45, 2.75) is 31.3 Å². The predicted molar refractivity (Wildman–Crippen MR) is 74.3 cm³/mol. The molecule has 100 valence electrons. The number of likely N-dealkylation sites (tertiary alicyclic amines) is 1. The van der Waals surface area contributed by atoms with Crippen molar-refractivity contribution in [1.29, 1.82) is 0 Å². The first kappa shape index (κ1) is 14.8. The molecule has 0 spiro atoms. The van der Waals surface area contributed by atoms with Crippen molar-refractivity contribution < 1.29 is 4.79 Å². The van der Waals surface area contributed by atoms with E-state index < -0.39 is 0 Å². The fraction of sp³-hybridized carbons (Fsp3) is 0.917. The lowest BCUT2D eigenvalue weighted by atomic mass is 10.0. The van der Waals surface area contributed by atoms with Crippen LogP contribution in [0.3, 0.4) is 0 Å². The van der Waals surface area contributed by atoms with Gasteiger partial charge in [0.25, 0.3) is 0 Å². The molecule has 1 amide bonds. The zero-order valence-electron chi connectivity index (χ0n) is 11.2. The summed E-state index contributed by atoms with van der Waals surface area (Å²) in [6.45, 7) is 1.70. The summed E-state index contributed by atoms with van der Waals surface area (Å²) in [6, 6.07) is 0.170. The Morgan fingerprint density at radius 2 is 2.29 bits per heavy atom. The van der Waals surface area contributed by atoms with Crippen LogP contribution >= 0.6 is 11.8 Å². The number of rotatable bonds is 5. The molecule has 17 heavy (non-hydrogen) atoms. The molecule has 5 heteroatoms. The molecule has 0 aromatic heterocycles. The molecule has 0 aliphatic carbocycles. The maximum Gasteiger partial charge on any atom is 0.239 e. The van der Waals surface area contributed by atoms with E-state index >= 15 is 0 Å². The molecule has 2 atom stereocenters. The van der Waals surface area contributed by atoms with Gasteiger partial charge in [-0.1, -0.05) is 0 Å². The number of hydrogen-bond donors (Lipinski definition) is 1. The molecule has 0 aromatic rings. The van der Waals surface area contributed by atoms with Gasteiger partial charge in [-0.05, 0) is 45.4 Å². The Morgan fingerprint density at radius 1 is 1.59 bits per heavy atom. The van der Waals surface area contributed by atoms with Crippen LogP contribution in [0.15, 0.2) is 0 Å². The van der Waals surface area contributed by atoms with E-state index in [0.717, 1.165) is 31.7 Å². The number of nitrogens with two attached hydrogens (primary N) is 1. The van der Waals surface area contributed by atoms with E-state index in [1.807, 2.05) is 11.2 Å². The monoisotopic (exact) mass is 259 g/mol. The van der Waals surface area contributed by atoms with Crippen LogP contribution in [0, 0.1) is 0 Å². The number of hydrogen-bond acceptors (Lipinski definition) is 4. The fourth-order valence-corrected chi connectivity index (χ4v) is 2.67. The molecule has 0 radical (unpaired) electrons. The van der Waals surface area contributed by atoms with Gasteiger partial charge in [0.1, 0.15) is 0 Å². The minimum Gasteiger partial charge on any atom is -0.340 e. The lowest BCUT2D eigenvalue weighted by Crippen LogP contribution is -2.52. The molecule has 1 fully saturated rings. The second-order valence-electron chi connectivity index (χ2n) is 4.93. The van der Waals surface area contributed by atoms with E-state index in [1.54, 1.807) is 11.8 Å². The summed E-state index contributed by atoms with van der Waals surface area (Å²) in [5, 5.41) is 0. The Hall–Kier alpha value is -0.260. The lowest BCUT2D eigenvalue weighted by Gasteiger charge is -2.37. The molecule has 2 N–H and O–H groups in total. The van der Waals surface area contributed by atoms with Crippen LogP contribution in [0.4, 0.5) is 0 Å². The minimum absolute atomic E-state index is 0.130. The summed E-state index contributed by atoms with van der Waals surface area (Å²) in [4.78, 5) is 16.3. The second-order valence-corrected chi connectivity index (χ2v) is 5.92. The number of thioether (sulfide) groups is 1. The van der Waals surface area contributed by atoms with E-state index in [4.69, 9.17) is 5.73 Å². The van der Waals surface area contributed by atoms with Crippen LogP contribution in [-0.2, 0) is 4.79 Å². The second kappa shape index (κ2) is 7.24. The quantitative estimate of drug-likeness (QED) is 0.786. The van der Waals surface area contributed by atoms with Gasteiger partial charge in [-0.2, -0.15) is 11.8 Å². The Kier molecular flexibility index (Phi) is 6.30. The predicted octanol–water partition coefficient (Wildman–Crippen LogP) is 0.619. The zero-order valence-corrected chi connectivity index (χ0v) is 12.0. The molecule has 0 bridgehead atoms. The molecular formula is C12H25N3OS. The van der Waals surface area contributed by atoms with Crippen molar-refractivity contribution in [3.05, 3.63) is 0 Å². The first-order valence-electron chi connectivity index (χ1n) is 6.26. The van der Waals surface area contributed by atoms with Crippen molar-refractivity contribution >= 4 is 17.7 Å². The van der Waals surface area contributed by atoms with Gasteiger partial charge in [-0.15, -0.1) is 0 Å². The topological polar surface area (TPSA) is 49.6 Å². The average Bonchev–Trinajstić information content (AvgIpc) is 2.35. The maximum atomic E-state index is 12.1. The van der Waals surface area contributed by atoms with Crippen molar-refractivity contribution in [3.63, 3.8) is 0 Å². The van der Waals surface area contributed by atoms with Crippen LogP contribution < -0.4 is 5.73 Å². The third-order valence-corrected chi connectivity index (χ3v) is 4.03. The highest BCUT2D eigenvalue weighted by Crippen LogP contribution is 2.15. The Balaban J connectivity index is 2.45. The normalized spacial score (nSPS) is 22.9. The molecule has 1 saturated heterocycles. The largest absolute Gasteiger partial charge is 0.340 e. The highest BCUT2D eigenvalue weighted by Gasteiger charge is 2.27. The van der Waals surface area contributed by atoms with Gasteiger partial charge in [0.15, 0.2) is 0 Å². The van der Waals surface area contributed by atoms with Crippen LogP contribution in [-0.4, -0.2) is 67.0 Å². The minimum atomic E-state index is -0.316. The van der Waals surface area contributed by atoms with E-state index in [2.05, 4.69) is 19.0 Å². The molecule has 1 unspecified atom stereocenters. The number of amides is 1. The molecular weight excluding hydrogens is 234 g/mol. The molecule has 1 aliphatic rings. The summed E-state index contributed by atoms with van der Waals surface area (Å²) in [6.07, 6.45) is 5.09. The smallest absolute Gasteiger partial charge is 0.239 e. The number of likely N-dealkylation sites (N-methyl/N-ethyl adjacent to an activating group) is 1. The summed E-state index contributed by atoms with van der Waals surface area (Å²) in [5.41, 5.74) is 5.94. The van der Waals surface area contributed by atoms with E-state index in [-0.39, 0.29) is 11.9 Å². The van der Waals surface area contributed by atoms with Crippen LogP contribution in [0.25, 0.3) is 0 Å². The Bertz CT molecular complexity index is 248. The zero-order chi connectivity index (χ0) is 12.8. The molecule has 0 saturated carbocycles. The van der Waals surface area contributed by atoms with Gasteiger partial charge >= 0.3 is 0 Å². The third kappa shape index (κ3) is 4.48. The van der Waals surface area contributed by atoms with Crippen molar-refractivity contribution in [3.8, 4) is 0 Å². The Labute approximate surface area is 109 Å². The lowest BCUT2D eigenvalue weighted by molar-refractivity contribution is -0.134. The summed E-state index contributed by atoms with van der Waals surface area (Å²) < 4.78 is 0. The molecule has 1 rings (SSSR count). The summed E-state index contributed by atoms with van der Waals surface area (Å²) >= 11 is 1.74. The number of nitrogens with zero attached hydrogens (tertiary/aromatic N) is 2. The van der Waals surface area contributed by atoms with Gasteiger partial charge < -0.3 is 15.5 Å². The molecule has 4 nitrogen and oxygen atoms in total. The van der Waals surface area contributed by atoms with Crippen LogP contribution in [0.1, 0.15) is 19.3 Å². The van der Waals surface area contributed by atoms with E-state index in [0.29, 0.717) is 6.04 Å². The molecule has 1 aliphatic heterocycles. The van der Waals surface area contributed by atoms with Gasteiger partial charge in [0.2, 0.25) is 5.91 Å². The molecule has 0 aromatic carbocycles. The average molecular weight is 259 g/mol. The number of piperidine rings is 1. The maximum absolute atomic E-state index is 12.1. The van der Waals surface area contributed by atoms with Crippen LogP contribution in [0.2, 0.25) is 0 Å². The first-order valence-corrected chi connectivity index (χ1v) is 7.65. The highest BCUT2D eigenvalue weighted by atomic mass is 32.2. The third-order valence-electron chi connectivity index (χ3n) is 3.39. The van der Waals surface area contributed by atoms with Gasteiger partial charge in [-0.3, -0.25) is 4.79 Å². The van der Waals surface area contributed by atoms with Gasteiger partial charge in [0.05, 0.1) is 6.04 Å². The summed E-state index contributed by atoms with van der Waals surface area (Å²) in [7, 11) is 4.15. The SMILES string of the molecule is CSCC[C@@H](N)C(=O)N1CCCC(N(C)C)C1. The first-order chi connectivity index (χ1) is 8.06. The highest BCUT2D eigenvalue weighted by molar-refractivity contribution is 7.98. The number of carbonyl (C=O) groups is 1. The van der Waals surface area contributed by atoms with Crippen molar-refractivity contribution in [2.75, 3.05) is 39.2 Å². The fourth-order valence-electron chi connectivity index (χ4n) is 2.18. The van der Waals surface area contributed by atoms with Crippen molar-refractivity contribution in [2.24, 2.45) is 5.73 Å². The number of carbonyl (C=O) groups excluding carboxylic acids is 1. The molecule has 1 heterocycles. The van der Waals surface area contributed by atoms with E-state index in [1.165, 1.54) is 6.42 Å². The standard InChI is InChI=1S/C12H25N3OS/c1-14(2)10-5-4-7-15(9-10)12(16)11(13)6-8-17-3/h10-11H,4-9,13H2,1-3H3/t10?,11-/m1/s1. The van der Waals surface area contributed by atoms with Gasteiger partial charge in [-0.25, -0.2) is 0 Å². The summed E-state index contributed by atoms with van der Waals surface area (Å²) in [5.74, 6) is 1.09.